The van der Waals surface area contributed by atoms with Crippen LogP contribution in [0.15, 0.2) is 0 Å². The number of nitrogens with zero attached hydrogens (tertiary/aromatic N) is 1. The number of ether oxygens (including phenoxy) is 2. The van der Waals surface area contributed by atoms with Crippen LogP contribution in [0.2, 0.25) is 0 Å². The van der Waals surface area contributed by atoms with Gasteiger partial charge in [0.1, 0.15) is 5.54 Å². The van der Waals surface area contributed by atoms with Gasteiger partial charge in [0, 0.05) is 26.8 Å². The second kappa shape index (κ2) is 5.33. The maximum atomic E-state index is 12.1. The largest absolute Gasteiger partial charge is 0.379 e. The van der Waals surface area contributed by atoms with Gasteiger partial charge in [-0.15, -0.1) is 0 Å². The van der Waals surface area contributed by atoms with Crippen molar-refractivity contribution in [2.45, 2.75) is 24.8 Å². The summed E-state index contributed by atoms with van der Waals surface area (Å²) in [4.78, 5) is 13.7. The van der Waals surface area contributed by atoms with Gasteiger partial charge in [-0.2, -0.15) is 0 Å². The average Bonchev–Trinajstić information content (AvgIpc) is 3.04. The summed E-state index contributed by atoms with van der Waals surface area (Å²) in [6, 6.07) is 0. The molecule has 2 N–H and O–H groups in total. The van der Waals surface area contributed by atoms with Gasteiger partial charge in [-0.05, 0) is 25.2 Å². The van der Waals surface area contributed by atoms with Crippen LogP contribution in [0.3, 0.4) is 0 Å². The Bertz CT molecular complexity index is 273. The van der Waals surface area contributed by atoms with Crippen LogP contribution in [0.4, 0.5) is 0 Å². The Morgan fingerprint density at radius 3 is 2.94 bits per heavy atom. The molecule has 0 aromatic carbocycles. The van der Waals surface area contributed by atoms with E-state index in [1.807, 2.05) is 0 Å². The van der Waals surface area contributed by atoms with E-state index in [1.54, 1.807) is 11.9 Å². The Balaban J connectivity index is 1.66. The van der Waals surface area contributed by atoms with E-state index in [0.29, 0.717) is 32.8 Å². The van der Waals surface area contributed by atoms with E-state index in [1.165, 1.54) is 12.8 Å². The van der Waals surface area contributed by atoms with Crippen molar-refractivity contribution in [2.24, 2.45) is 11.7 Å². The zero-order chi connectivity index (χ0) is 12.3. The molecule has 0 radical (unpaired) electrons. The minimum atomic E-state index is -0.814. The van der Waals surface area contributed by atoms with Crippen molar-refractivity contribution in [1.29, 1.82) is 0 Å². The molecule has 1 aliphatic carbocycles. The van der Waals surface area contributed by atoms with Crippen molar-refractivity contribution in [1.82, 2.24) is 4.90 Å². The number of hydrogen-bond acceptors (Lipinski definition) is 4. The van der Waals surface area contributed by atoms with Crippen LogP contribution in [-0.2, 0) is 14.3 Å². The van der Waals surface area contributed by atoms with Crippen LogP contribution >= 0.6 is 0 Å². The fraction of sp³-hybridized carbons (Fsp3) is 0.917. The fourth-order valence-electron chi connectivity index (χ4n) is 1.97. The van der Waals surface area contributed by atoms with Crippen molar-refractivity contribution >= 4 is 5.91 Å². The third-order valence-corrected chi connectivity index (χ3v) is 3.45. The Morgan fingerprint density at radius 2 is 2.35 bits per heavy atom. The summed E-state index contributed by atoms with van der Waals surface area (Å²) in [5, 5.41) is 0. The highest BCUT2D eigenvalue weighted by Gasteiger charge is 2.39. The summed E-state index contributed by atoms with van der Waals surface area (Å²) < 4.78 is 10.7. The number of likely N-dealkylation sites (N-methyl/N-ethyl adjacent to an activating group) is 1. The predicted molar refractivity (Wildman–Crippen MR) is 63.5 cm³/mol. The molecule has 5 nitrogen and oxygen atoms in total. The number of amides is 1. The van der Waals surface area contributed by atoms with Crippen LogP contribution in [0, 0.1) is 5.92 Å². The summed E-state index contributed by atoms with van der Waals surface area (Å²) in [5.41, 5.74) is 5.19. The summed E-state index contributed by atoms with van der Waals surface area (Å²) >= 11 is 0. The minimum Gasteiger partial charge on any atom is -0.379 e. The number of carbonyl (C=O) groups is 1. The van der Waals surface area contributed by atoms with Crippen molar-refractivity contribution in [3.63, 3.8) is 0 Å². The first-order valence-corrected chi connectivity index (χ1v) is 6.32. The van der Waals surface area contributed by atoms with Gasteiger partial charge < -0.3 is 20.1 Å². The summed E-state index contributed by atoms with van der Waals surface area (Å²) in [6.07, 6.45) is 3.19. The van der Waals surface area contributed by atoms with Crippen molar-refractivity contribution in [3.8, 4) is 0 Å². The van der Waals surface area contributed by atoms with E-state index in [4.69, 9.17) is 15.2 Å². The van der Waals surface area contributed by atoms with Gasteiger partial charge in [-0.1, -0.05) is 0 Å². The molecule has 1 heterocycles. The molecule has 2 fully saturated rings. The van der Waals surface area contributed by atoms with Crippen molar-refractivity contribution < 1.29 is 14.3 Å². The zero-order valence-corrected chi connectivity index (χ0v) is 10.5. The Morgan fingerprint density at radius 1 is 1.59 bits per heavy atom. The highest BCUT2D eigenvalue weighted by molar-refractivity contribution is 5.86. The molecule has 1 unspecified atom stereocenters. The fourth-order valence-corrected chi connectivity index (χ4v) is 1.97. The predicted octanol–water partition coefficient (Wildman–Crippen LogP) is -0.0108. The molecule has 1 atom stereocenters. The zero-order valence-electron chi connectivity index (χ0n) is 10.5. The number of carbonyl (C=O) groups excluding carboxylic acids is 1. The van der Waals surface area contributed by atoms with E-state index in [0.717, 1.165) is 12.5 Å². The standard InChI is InChI=1S/C12H22N2O3/c1-14(5-7-16-8-10-2-3-10)11(15)12(13)4-6-17-9-12/h10H,2-9,13H2,1H3. The van der Waals surface area contributed by atoms with E-state index in [9.17, 15) is 4.79 Å². The molecule has 2 aliphatic rings. The highest BCUT2D eigenvalue weighted by atomic mass is 16.5. The van der Waals surface area contributed by atoms with Gasteiger partial charge in [0.25, 0.3) is 0 Å². The van der Waals surface area contributed by atoms with Crippen LogP contribution in [0.5, 0.6) is 0 Å². The summed E-state index contributed by atoms with van der Waals surface area (Å²) in [6.45, 7) is 2.94. The average molecular weight is 242 g/mol. The quantitative estimate of drug-likeness (QED) is 0.665. The molecule has 0 aromatic heterocycles. The van der Waals surface area contributed by atoms with Crippen LogP contribution in [0.25, 0.3) is 0 Å². The molecule has 17 heavy (non-hydrogen) atoms. The Hall–Kier alpha value is -0.650. The number of rotatable bonds is 6. The van der Waals surface area contributed by atoms with E-state index >= 15 is 0 Å². The molecular weight excluding hydrogens is 220 g/mol. The molecule has 1 amide bonds. The third-order valence-electron chi connectivity index (χ3n) is 3.45. The minimum absolute atomic E-state index is 0.0370. The smallest absolute Gasteiger partial charge is 0.244 e. The first kappa shape index (κ1) is 12.8. The van der Waals surface area contributed by atoms with Crippen LogP contribution in [0.1, 0.15) is 19.3 Å². The molecule has 0 bridgehead atoms. The first-order valence-electron chi connectivity index (χ1n) is 6.32. The lowest BCUT2D eigenvalue weighted by Crippen LogP contribution is -2.55. The van der Waals surface area contributed by atoms with Crippen LogP contribution < -0.4 is 5.73 Å². The topological polar surface area (TPSA) is 64.8 Å². The third kappa shape index (κ3) is 3.40. The van der Waals surface area contributed by atoms with Gasteiger partial charge in [0.05, 0.1) is 13.2 Å². The lowest BCUT2D eigenvalue weighted by atomic mass is 9.99. The highest BCUT2D eigenvalue weighted by Crippen LogP contribution is 2.28. The molecule has 0 spiro atoms. The monoisotopic (exact) mass is 242 g/mol. The van der Waals surface area contributed by atoms with E-state index in [2.05, 4.69) is 0 Å². The molecular formula is C12H22N2O3. The molecule has 1 saturated heterocycles. The van der Waals surface area contributed by atoms with E-state index < -0.39 is 5.54 Å². The summed E-state index contributed by atoms with van der Waals surface area (Å²) in [5.74, 6) is 0.727. The number of nitrogens with two attached hydrogens (primary N) is 1. The molecule has 0 aromatic rings. The van der Waals surface area contributed by atoms with E-state index in [-0.39, 0.29) is 5.91 Å². The second-order valence-corrected chi connectivity index (χ2v) is 5.20. The maximum Gasteiger partial charge on any atom is 0.244 e. The maximum absolute atomic E-state index is 12.1. The van der Waals surface area contributed by atoms with Crippen molar-refractivity contribution in [3.05, 3.63) is 0 Å². The second-order valence-electron chi connectivity index (χ2n) is 5.20. The van der Waals surface area contributed by atoms with Gasteiger partial charge in [-0.25, -0.2) is 0 Å². The SMILES string of the molecule is CN(CCOCC1CC1)C(=O)C1(N)CCOC1. The van der Waals surface area contributed by atoms with Gasteiger partial charge in [-0.3, -0.25) is 4.79 Å². The first-order chi connectivity index (χ1) is 8.12. The van der Waals surface area contributed by atoms with Gasteiger partial charge in [0.2, 0.25) is 5.91 Å². The Labute approximate surface area is 102 Å². The molecule has 98 valence electrons. The van der Waals surface area contributed by atoms with Gasteiger partial charge in [0.15, 0.2) is 0 Å². The molecule has 1 saturated carbocycles. The summed E-state index contributed by atoms with van der Waals surface area (Å²) in [7, 11) is 1.77. The van der Waals surface area contributed by atoms with Gasteiger partial charge >= 0.3 is 0 Å². The lowest BCUT2D eigenvalue weighted by molar-refractivity contribution is -0.136. The lowest BCUT2D eigenvalue weighted by Gasteiger charge is -2.27. The molecule has 1 aliphatic heterocycles. The van der Waals surface area contributed by atoms with Crippen LogP contribution in [-0.4, -0.2) is 56.4 Å². The van der Waals surface area contributed by atoms with Crippen molar-refractivity contribution in [2.75, 3.05) is 40.0 Å². The molecule has 5 heteroatoms. The Kier molecular flexibility index (Phi) is 4.01. The molecule has 2 rings (SSSR count). The number of hydrogen-bond donors (Lipinski definition) is 1. The normalized spacial score (nSPS) is 28.4.